The molecule has 0 aliphatic heterocycles. The predicted octanol–water partition coefficient (Wildman–Crippen LogP) is 2.03. The average Bonchev–Trinajstić information content (AvgIpc) is 1.67. The van der Waals surface area contributed by atoms with Crippen molar-refractivity contribution in [2.75, 3.05) is 7.05 Å². The summed E-state index contributed by atoms with van der Waals surface area (Å²) in [5.41, 5.74) is 0. The van der Waals surface area contributed by atoms with E-state index in [1.165, 1.54) is 0 Å². The minimum absolute atomic E-state index is 0.923. The largest absolute Gasteiger partial charge is 0.322 e. The molecular formula is C4H11Cl2NSi. The maximum absolute atomic E-state index is 5.81. The zero-order chi connectivity index (χ0) is 6.62. The van der Waals surface area contributed by atoms with Crippen molar-refractivity contribution >= 4 is 29.0 Å². The zero-order valence-corrected chi connectivity index (χ0v) is 7.68. The Balaban J connectivity index is 3.37. The standard InChI is InChI=1S/C4H11Cl2NSi/c1-3-4-8(5,6)7-2/h7H,3-4H2,1-2H3. The highest BCUT2D eigenvalue weighted by Crippen LogP contribution is 2.17. The fraction of sp³-hybridized carbons (Fsp3) is 1.00. The van der Waals surface area contributed by atoms with Crippen LogP contribution in [-0.2, 0) is 0 Å². The van der Waals surface area contributed by atoms with Gasteiger partial charge < -0.3 is 4.98 Å². The second-order valence-electron chi connectivity index (χ2n) is 1.70. The van der Waals surface area contributed by atoms with Gasteiger partial charge in [0.1, 0.15) is 0 Å². The quantitative estimate of drug-likeness (QED) is 0.507. The van der Waals surface area contributed by atoms with Crippen molar-refractivity contribution in [1.82, 2.24) is 4.98 Å². The summed E-state index contributed by atoms with van der Waals surface area (Å²) < 4.78 is 0. The Morgan fingerprint density at radius 3 is 2.12 bits per heavy atom. The summed E-state index contributed by atoms with van der Waals surface area (Å²) in [5, 5.41) is 0. The van der Waals surface area contributed by atoms with Crippen molar-refractivity contribution in [1.29, 1.82) is 0 Å². The van der Waals surface area contributed by atoms with Crippen LogP contribution in [0.4, 0.5) is 0 Å². The van der Waals surface area contributed by atoms with E-state index in [1.807, 2.05) is 7.05 Å². The molecule has 50 valence electrons. The SMILES string of the molecule is CCC[Si](Cl)(Cl)NC. The van der Waals surface area contributed by atoms with Gasteiger partial charge in [0, 0.05) is 0 Å². The number of nitrogens with one attached hydrogen (secondary N) is 1. The average molecular weight is 172 g/mol. The number of hydrogen-bond acceptors (Lipinski definition) is 1. The van der Waals surface area contributed by atoms with Gasteiger partial charge in [0.05, 0.1) is 0 Å². The number of hydrogen-bond donors (Lipinski definition) is 1. The smallest absolute Gasteiger partial charge is 0.316 e. The van der Waals surface area contributed by atoms with E-state index >= 15 is 0 Å². The molecule has 1 N–H and O–H groups in total. The van der Waals surface area contributed by atoms with Gasteiger partial charge in [0.2, 0.25) is 0 Å². The molecule has 0 spiro atoms. The van der Waals surface area contributed by atoms with Gasteiger partial charge in [-0.25, -0.2) is 0 Å². The summed E-state index contributed by atoms with van der Waals surface area (Å²) >= 11 is 11.6. The Hall–Kier alpha value is 0.757. The lowest BCUT2D eigenvalue weighted by Crippen LogP contribution is -2.36. The number of halogens is 2. The molecule has 0 aliphatic carbocycles. The van der Waals surface area contributed by atoms with Crippen LogP contribution in [0.25, 0.3) is 0 Å². The molecule has 0 aromatic heterocycles. The van der Waals surface area contributed by atoms with Crippen LogP contribution in [0.3, 0.4) is 0 Å². The van der Waals surface area contributed by atoms with E-state index in [1.54, 1.807) is 0 Å². The second kappa shape index (κ2) is 3.72. The Bertz CT molecular complexity index is 67.1. The van der Waals surface area contributed by atoms with Crippen LogP contribution in [-0.4, -0.2) is 13.9 Å². The van der Waals surface area contributed by atoms with E-state index in [0.29, 0.717) is 0 Å². The summed E-state index contributed by atoms with van der Waals surface area (Å²) in [5.74, 6) is 0. The molecule has 0 aliphatic rings. The van der Waals surface area contributed by atoms with Crippen molar-refractivity contribution in [3.05, 3.63) is 0 Å². The van der Waals surface area contributed by atoms with Crippen LogP contribution in [0.2, 0.25) is 6.04 Å². The molecule has 0 bridgehead atoms. The highest BCUT2D eigenvalue weighted by atomic mass is 35.7. The van der Waals surface area contributed by atoms with Gasteiger partial charge in [-0.2, -0.15) is 0 Å². The third kappa shape index (κ3) is 3.72. The third-order valence-electron chi connectivity index (χ3n) is 0.930. The minimum Gasteiger partial charge on any atom is -0.316 e. The Kier molecular flexibility index (Phi) is 4.07. The molecule has 0 atom stereocenters. The molecule has 0 amide bonds. The van der Waals surface area contributed by atoms with E-state index < -0.39 is 6.86 Å². The number of rotatable bonds is 3. The first-order valence-electron chi connectivity index (χ1n) is 2.69. The zero-order valence-electron chi connectivity index (χ0n) is 5.17. The van der Waals surface area contributed by atoms with Crippen molar-refractivity contribution in [2.45, 2.75) is 19.4 Å². The van der Waals surface area contributed by atoms with Gasteiger partial charge in [0.25, 0.3) is 0 Å². The molecular weight excluding hydrogens is 161 g/mol. The van der Waals surface area contributed by atoms with Crippen LogP contribution in [0.1, 0.15) is 13.3 Å². The van der Waals surface area contributed by atoms with E-state index in [2.05, 4.69) is 11.9 Å². The lowest BCUT2D eigenvalue weighted by Gasteiger charge is -2.12. The van der Waals surface area contributed by atoms with Crippen LogP contribution in [0.15, 0.2) is 0 Å². The minimum atomic E-state index is -1.98. The summed E-state index contributed by atoms with van der Waals surface area (Å²) in [7, 11) is 1.81. The summed E-state index contributed by atoms with van der Waals surface area (Å²) in [6, 6.07) is 0.923. The molecule has 0 rings (SSSR count). The van der Waals surface area contributed by atoms with Gasteiger partial charge in [0.15, 0.2) is 0 Å². The maximum atomic E-state index is 5.81. The lowest BCUT2D eigenvalue weighted by molar-refractivity contribution is 1.03. The van der Waals surface area contributed by atoms with E-state index in [9.17, 15) is 0 Å². The molecule has 0 saturated heterocycles. The maximum Gasteiger partial charge on any atom is 0.322 e. The van der Waals surface area contributed by atoms with Gasteiger partial charge in [-0.15, -0.1) is 22.2 Å². The summed E-state index contributed by atoms with van der Waals surface area (Å²) in [6.45, 7) is 0.0904. The molecule has 0 unspecified atom stereocenters. The Morgan fingerprint density at radius 2 is 2.00 bits per heavy atom. The highest BCUT2D eigenvalue weighted by Gasteiger charge is 2.23. The van der Waals surface area contributed by atoms with Crippen molar-refractivity contribution in [3.8, 4) is 0 Å². The van der Waals surface area contributed by atoms with Crippen molar-refractivity contribution < 1.29 is 0 Å². The topological polar surface area (TPSA) is 12.0 Å². The van der Waals surface area contributed by atoms with Gasteiger partial charge in [-0.05, 0) is 13.1 Å². The fourth-order valence-electron chi connectivity index (χ4n) is 0.439. The second-order valence-corrected chi connectivity index (χ2v) is 8.57. The van der Waals surface area contributed by atoms with Crippen LogP contribution in [0.5, 0.6) is 0 Å². The van der Waals surface area contributed by atoms with Crippen molar-refractivity contribution in [2.24, 2.45) is 0 Å². The molecule has 0 heterocycles. The molecule has 1 nitrogen and oxygen atoms in total. The van der Waals surface area contributed by atoms with Gasteiger partial charge in [-0.3, -0.25) is 0 Å². The Labute approximate surface area is 60.9 Å². The molecule has 0 aromatic carbocycles. The van der Waals surface area contributed by atoms with Crippen LogP contribution >= 0.6 is 22.2 Å². The van der Waals surface area contributed by atoms with Crippen LogP contribution < -0.4 is 4.98 Å². The first-order chi connectivity index (χ1) is 3.62. The first kappa shape index (κ1) is 8.76. The molecule has 0 aromatic rings. The normalized spacial score (nSPS) is 12.0. The van der Waals surface area contributed by atoms with Gasteiger partial charge >= 0.3 is 6.86 Å². The molecule has 8 heavy (non-hydrogen) atoms. The summed E-state index contributed by atoms with van der Waals surface area (Å²) in [4.78, 5) is 2.91. The van der Waals surface area contributed by atoms with E-state index in [0.717, 1.165) is 12.5 Å². The lowest BCUT2D eigenvalue weighted by atomic mass is 10.6. The first-order valence-corrected chi connectivity index (χ1v) is 6.92. The fourth-order valence-corrected chi connectivity index (χ4v) is 2.45. The van der Waals surface area contributed by atoms with E-state index in [-0.39, 0.29) is 0 Å². The van der Waals surface area contributed by atoms with Gasteiger partial charge in [-0.1, -0.05) is 13.3 Å². The van der Waals surface area contributed by atoms with Crippen LogP contribution in [0, 0.1) is 0 Å². The molecule has 0 radical (unpaired) electrons. The monoisotopic (exact) mass is 171 g/mol. The van der Waals surface area contributed by atoms with Crippen molar-refractivity contribution in [3.63, 3.8) is 0 Å². The summed E-state index contributed by atoms with van der Waals surface area (Å²) in [6.07, 6.45) is 1.06. The molecule has 0 fully saturated rings. The molecule has 4 heteroatoms. The Morgan fingerprint density at radius 1 is 1.50 bits per heavy atom. The highest BCUT2D eigenvalue weighted by molar-refractivity contribution is 7.44. The molecule has 0 saturated carbocycles. The predicted molar refractivity (Wildman–Crippen MR) is 41.6 cm³/mol. The van der Waals surface area contributed by atoms with E-state index in [4.69, 9.17) is 22.2 Å². The third-order valence-corrected chi connectivity index (χ3v) is 5.06.